The Kier molecular flexibility index (Phi) is 6.20. The largest absolute Gasteiger partial charge is 0.490 e. The summed E-state index contributed by atoms with van der Waals surface area (Å²) in [4.78, 5) is 18.4. The highest BCUT2D eigenvalue weighted by Gasteiger charge is 2.38. The number of hydrogen-bond acceptors (Lipinski definition) is 5. The van der Waals surface area contributed by atoms with E-state index in [9.17, 15) is 13.2 Å². The van der Waals surface area contributed by atoms with Crippen LogP contribution in [0.3, 0.4) is 0 Å². The average molecular weight is 454 g/mol. The summed E-state index contributed by atoms with van der Waals surface area (Å²) in [5.74, 6) is -1.89. The third kappa shape index (κ3) is 4.79. The summed E-state index contributed by atoms with van der Waals surface area (Å²) >= 11 is 1.73. The number of H-pyrrole nitrogens is 1. The molecule has 2 N–H and O–H groups in total. The Morgan fingerprint density at radius 1 is 1.32 bits per heavy atom. The first-order valence-corrected chi connectivity index (χ1v) is 10.2. The summed E-state index contributed by atoms with van der Waals surface area (Å²) in [6.07, 6.45) is -3.24. The fourth-order valence-corrected chi connectivity index (χ4v) is 3.82. The lowest BCUT2D eigenvalue weighted by molar-refractivity contribution is -0.192. The number of aromatic nitrogens is 6. The Balaban J connectivity index is 0.000000339. The first-order chi connectivity index (χ1) is 14.5. The number of rotatable bonds is 4. The van der Waals surface area contributed by atoms with Crippen molar-refractivity contribution < 1.29 is 23.1 Å². The molecule has 0 saturated carbocycles. The number of nitrogens with one attached hydrogen (secondary N) is 1. The Hall–Kier alpha value is -3.15. The van der Waals surface area contributed by atoms with Crippen molar-refractivity contribution in [3.8, 4) is 11.4 Å². The fraction of sp³-hybridized carbons (Fsp3) is 0.368. The monoisotopic (exact) mass is 454 g/mol. The zero-order chi connectivity index (χ0) is 22.9. The van der Waals surface area contributed by atoms with Crippen LogP contribution in [0, 0.1) is 13.8 Å². The fourth-order valence-electron chi connectivity index (χ4n) is 3.14. The molecule has 0 bridgehead atoms. The number of carboxylic acids is 1. The standard InChI is InChI=1S/C17H20N6S.C2HF3O2/c1-10(2)23-12(4)15(11(3)21-23)16-19-14-8-18-22(17(14)20-16)9-13-6-5-7-24-13;3-2(4,5)1(6)7/h5-8,10H,9H2,1-4H3,(H,19,20);(H,6,7). The predicted octanol–water partition coefficient (Wildman–Crippen LogP) is 4.56. The quantitative estimate of drug-likeness (QED) is 0.471. The molecule has 0 atom stereocenters. The van der Waals surface area contributed by atoms with Crippen molar-refractivity contribution in [1.29, 1.82) is 0 Å². The van der Waals surface area contributed by atoms with Crippen LogP contribution in [0.15, 0.2) is 23.7 Å². The summed E-state index contributed by atoms with van der Waals surface area (Å²) in [7, 11) is 0. The van der Waals surface area contributed by atoms with Crippen LogP contribution >= 0.6 is 11.3 Å². The normalized spacial score (nSPS) is 11.7. The molecule has 8 nitrogen and oxygen atoms in total. The van der Waals surface area contributed by atoms with Crippen LogP contribution in [0.1, 0.15) is 36.2 Å². The van der Waals surface area contributed by atoms with Gasteiger partial charge in [-0.3, -0.25) is 4.68 Å². The zero-order valence-electron chi connectivity index (χ0n) is 17.2. The summed E-state index contributed by atoms with van der Waals surface area (Å²) in [6.45, 7) is 9.16. The Morgan fingerprint density at radius 2 is 2.00 bits per heavy atom. The SMILES string of the molecule is Cc1nn(C(C)C)c(C)c1-c1nc2c(cnn2Cc2cccs2)[nH]1.O=C(O)C(F)(F)F. The molecular formula is C19H21F3N6O2S. The Labute approximate surface area is 179 Å². The average Bonchev–Trinajstić information content (AvgIpc) is 3.41. The second kappa shape index (κ2) is 8.53. The molecule has 4 rings (SSSR count). The number of aromatic amines is 1. The predicted molar refractivity (Wildman–Crippen MR) is 110 cm³/mol. The van der Waals surface area contributed by atoms with E-state index >= 15 is 0 Å². The van der Waals surface area contributed by atoms with E-state index in [0.29, 0.717) is 6.04 Å². The molecular weight excluding hydrogens is 433 g/mol. The Bertz CT molecular complexity index is 1190. The number of hydrogen-bond donors (Lipinski definition) is 2. The molecule has 0 saturated heterocycles. The van der Waals surface area contributed by atoms with Gasteiger partial charge in [0, 0.05) is 16.6 Å². The van der Waals surface area contributed by atoms with Crippen LogP contribution in [0.4, 0.5) is 13.2 Å². The number of nitrogens with zero attached hydrogens (tertiary/aromatic N) is 5. The van der Waals surface area contributed by atoms with E-state index in [4.69, 9.17) is 14.9 Å². The number of imidazole rings is 1. The molecule has 4 heterocycles. The van der Waals surface area contributed by atoms with Gasteiger partial charge in [0.2, 0.25) is 0 Å². The summed E-state index contributed by atoms with van der Waals surface area (Å²) in [6, 6.07) is 4.51. The second-order valence-corrected chi connectivity index (χ2v) is 8.12. The van der Waals surface area contributed by atoms with Gasteiger partial charge in [0.1, 0.15) is 11.3 Å². The van der Waals surface area contributed by atoms with Gasteiger partial charge >= 0.3 is 12.1 Å². The van der Waals surface area contributed by atoms with Crippen molar-refractivity contribution in [1.82, 2.24) is 29.5 Å². The minimum Gasteiger partial charge on any atom is -0.475 e. The zero-order valence-corrected chi connectivity index (χ0v) is 18.0. The summed E-state index contributed by atoms with van der Waals surface area (Å²) in [5.41, 5.74) is 5.06. The number of halogens is 3. The van der Waals surface area contributed by atoms with Crippen molar-refractivity contribution in [2.24, 2.45) is 0 Å². The van der Waals surface area contributed by atoms with Gasteiger partial charge in [0.25, 0.3) is 0 Å². The van der Waals surface area contributed by atoms with Crippen molar-refractivity contribution in [3.63, 3.8) is 0 Å². The minimum absolute atomic E-state index is 0.330. The molecule has 4 aromatic rings. The number of carboxylic acid groups (broad SMARTS) is 1. The smallest absolute Gasteiger partial charge is 0.475 e. The van der Waals surface area contributed by atoms with E-state index in [-0.39, 0.29) is 0 Å². The molecule has 0 fully saturated rings. The van der Waals surface area contributed by atoms with Crippen molar-refractivity contribution in [2.45, 2.75) is 46.5 Å². The molecule has 31 heavy (non-hydrogen) atoms. The molecule has 0 spiro atoms. The van der Waals surface area contributed by atoms with Gasteiger partial charge < -0.3 is 10.1 Å². The van der Waals surface area contributed by atoms with Crippen molar-refractivity contribution in [3.05, 3.63) is 40.0 Å². The van der Waals surface area contributed by atoms with Crippen LogP contribution in [0.2, 0.25) is 0 Å². The van der Waals surface area contributed by atoms with E-state index in [1.165, 1.54) is 4.88 Å². The molecule has 0 aliphatic heterocycles. The van der Waals surface area contributed by atoms with E-state index < -0.39 is 12.1 Å². The topological polar surface area (TPSA) is 102 Å². The highest BCUT2D eigenvalue weighted by Crippen LogP contribution is 2.28. The molecule has 12 heteroatoms. The molecule has 0 radical (unpaired) electrons. The lowest BCUT2D eigenvalue weighted by atomic mass is 10.2. The maximum Gasteiger partial charge on any atom is 0.490 e. The van der Waals surface area contributed by atoms with E-state index in [1.54, 1.807) is 11.3 Å². The van der Waals surface area contributed by atoms with Gasteiger partial charge in [0.15, 0.2) is 5.65 Å². The van der Waals surface area contributed by atoms with Gasteiger partial charge in [-0.15, -0.1) is 11.3 Å². The minimum atomic E-state index is -5.08. The van der Waals surface area contributed by atoms with E-state index in [2.05, 4.69) is 58.1 Å². The van der Waals surface area contributed by atoms with Crippen molar-refractivity contribution >= 4 is 28.5 Å². The molecule has 0 aromatic carbocycles. The highest BCUT2D eigenvalue weighted by molar-refractivity contribution is 7.09. The third-order valence-corrected chi connectivity index (χ3v) is 5.32. The number of alkyl halides is 3. The van der Waals surface area contributed by atoms with Gasteiger partial charge in [-0.1, -0.05) is 6.07 Å². The molecule has 166 valence electrons. The summed E-state index contributed by atoms with van der Waals surface area (Å²) in [5, 5.41) is 18.3. The Morgan fingerprint density at radius 3 is 2.52 bits per heavy atom. The molecule has 0 aliphatic rings. The lowest BCUT2D eigenvalue weighted by Gasteiger charge is -2.07. The highest BCUT2D eigenvalue weighted by atomic mass is 32.1. The maximum atomic E-state index is 10.6. The van der Waals surface area contributed by atoms with E-state index in [0.717, 1.165) is 40.5 Å². The van der Waals surface area contributed by atoms with Crippen LogP contribution < -0.4 is 0 Å². The second-order valence-electron chi connectivity index (χ2n) is 7.09. The number of carbonyl (C=O) groups is 1. The van der Waals surface area contributed by atoms with Gasteiger partial charge in [-0.05, 0) is 39.1 Å². The first-order valence-electron chi connectivity index (χ1n) is 9.29. The third-order valence-electron chi connectivity index (χ3n) is 4.46. The summed E-state index contributed by atoms with van der Waals surface area (Å²) < 4.78 is 35.7. The van der Waals surface area contributed by atoms with Gasteiger partial charge in [-0.25, -0.2) is 14.5 Å². The van der Waals surface area contributed by atoms with Gasteiger partial charge in [0.05, 0.1) is 24.0 Å². The lowest BCUT2D eigenvalue weighted by Crippen LogP contribution is -2.21. The van der Waals surface area contributed by atoms with Crippen LogP contribution in [-0.2, 0) is 11.3 Å². The van der Waals surface area contributed by atoms with Gasteiger partial charge in [-0.2, -0.15) is 23.4 Å². The number of aryl methyl sites for hydroxylation is 1. The molecule has 0 aliphatic carbocycles. The van der Waals surface area contributed by atoms with E-state index in [1.807, 2.05) is 17.8 Å². The maximum absolute atomic E-state index is 10.6. The van der Waals surface area contributed by atoms with Crippen molar-refractivity contribution in [2.75, 3.05) is 0 Å². The first kappa shape index (κ1) is 22.5. The number of fused-ring (bicyclic) bond motifs is 1. The number of aliphatic carboxylic acids is 1. The van der Waals surface area contributed by atoms with Crippen LogP contribution in [0.25, 0.3) is 22.6 Å². The molecule has 0 amide bonds. The van der Waals surface area contributed by atoms with Crippen LogP contribution in [0.5, 0.6) is 0 Å². The van der Waals surface area contributed by atoms with Crippen LogP contribution in [-0.4, -0.2) is 46.8 Å². The molecule has 0 unspecified atom stereocenters. The molecule has 4 aromatic heterocycles. The number of thiophene rings is 1.